The van der Waals surface area contributed by atoms with E-state index in [-0.39, 0.29) is 16.8 Å². The van der Waals surface area contributed by atoms with Crippen LogP contribution in [0, 0.1) is 23.6 Å². The summed E-state index contributed by atoms with van der Waals surface area (Å²) in [6.07, 6.45) is 8.66. The van der Waals surface area contributed by atoms with Crippen LogP contribution in [0.1, 0.15) is 76.7 Å². The molecule has 3 N–H and O–H groups in total. The van der Waals surface area contributed by atoms with Crippen LogP contribution in [0.15, 0.2) is 42.5 Å². The second-order valence-electron chi connectivity index (χ2n) is 11.4. The zero-order valence-electron chi connectivity index (χ0n) is 23.3. The molecule has 2 unspecified atom stereocenters. The van der Waals surface area contributed by atoms with Gasteiger partial charge in [-0.1, -0.05) is 74.9 Å². The van der Waals surface area contributed by atoms with Gasteiger partial charge in [0.2, 0.25) is 17.7 Å². The first kappa shape index (κ1) is 30.0. The van der Waals surface area contributed by atoms with Crippen molar-refractivity contribution in [3.8, 4) is 11.1 Å². The summed E-state index contributed by atoms with van der Waals surface area (Å²) < 4.78 is 13.7. The Bertz CT molecular complexity index is 1200. The van der Waals surface area contributed by atoms with Crippen molar-refractivity contribution >= 4 is 29.3 Å². The molecular weight excluding hydrogens is 529 g/mol. The molecule has 0 bridgehead atoms. The molecule has 216 valence electrons. The number of benzene rings is 2. The Labute approximate surface area is 241 Å². The molecule has 2 fully saturated rings. The maximum absolute atomic E-state index is 13.7. The summed E-state index contributed by atoms with van der Waals surface area (Å²) in [6.45, 7) is 3.00. The molecule has 2 aliphatic rings. The molecule has 2 aromatic rings. The minimum Gasteiger partial charge on any atom is -0.369 e. The Balaban J connectivity index is 1.48. The molecule has 1 saturated carbocycles. The SMILES string of the molecule is CCCC(C(N)=O)C(CC1CCCC1)C(=O)N[C@H]1CCCCN(Cc2cccc(-c3ccc(F)c(Cl)c3)c2)C1=O. The number of hydrogen-bond donors (Lipinski definition) is 2. The van der Waals surface area contributed by atoms with E-state index in [1.807, 2.05) is 31.2 Å². The van der Waals surface area contributed by atoms with Gasteiger partial charge in [-0.15, -0.1) is 0 Å². The lowest BCUT2D eigenvalue weighted by Crippen LogP contribution is -2.50. The van der Waals surface area contributed by atoms with E-state index in [4.69, 9.17) is 17.3 Å². The van der Waals surface area contributed by atoms with Crippen LogP contribution in [-0.2, 0) is 20.9 Å². The molecule has 1 saturated heterocycles. The third-order valence-electron chi connectivity index (χ3n) is 8.50. The van der Waals surface area contributed by atoms with Gasteiger partial charge in [-0.25, -0.2) is 4.39 Å². The van der Waals surface area contributed by atoms with Crippen LogP contribution in [0.5, 0.6) is 0 Å². The molecule has 3 atom stereocenters. The fourth-order valence-corrected chi connectivity index (χ4v) is 6.51. The van der Waals surface area contributed by atoms with Gasteiger partial charge in [0.25, 0.3) is 0 Å². The molecule has 40 heavy (non-hydrogen) atoms. The molecule has 8 heteroatoms. The quantitative estimate of drug-likeness (QED) is 0.335. The standard InChI is InChI=1S/C32H41ClFN3O3/c1-2-8-25(30(35)38)26(18-21-9-3-4-10-21)31(39)36-29-13-5-6-16-37(32(29)40)20-22-11-7-12-23(17-22)24-14-15-28(34)27(33)19-24/h7,11-12,14-15,17,19,21,25-26,29H,2-6,8-10,13,16,18,20H2,1H3,(H2,35,38)(H,36,39)/t25?,26?,29-/m0/s1. The van der Waals surface area contributed by atoms with E-state index < -0.39 is 29.6 Å². The van der Waals surface area contributed by atoms with Gasteiger partial charge in [-0.2, -0.15) is 0 Å². The molecule has 1 aliphatic carbocycles. The fourth-order valence-electron chi connectivity index (χ4n) is 6.33. The number of carbonyl (C=O) groups excluding carboxylic acids is 3. The largest absolute Gasteiger partial charge is 0.369 e. The lowest BCUT2D eigenvalue weighted by Gasteiger charge is -2.29. The lowest BCUT2D eigenvalue weighted by atomic mass is 9.80. The topological polar surface area (TPSA) is 92.5 Å². The number of carbonyl (C=O) groups is 3. The van der Waals surface area contributed by atoms with Crippen molar-refractivity contribution in [1.29, 1.82) is 0 Å². The zero-order valence-corrected chi connectivity index (χ0v) is 24.1. The van der Waals surface area contributed by atoms with E-state index in [1.165, 1.54) is 6.07 Å². The highest BCUT2D eigenvalue weighted by Crippen LogP contribution is 2.34. The highest BCUT2D eigenvalue weighted by atomic mass is 35.5. The smallest absolute Gasteiger partial charge is 0.245 e. The molecular formula is C32H41ClFN3O3. The molecule has 6 nitrogen and oxygen atoms in total. The Morgan fingerprint density at radius 2 is 1.77 bits per heavy atom. The van der Waals surface area contributed by atoms with Gasteiger partial charge in [0.1, 0.15) is 11.9 Å². The maximum Gasteiger partial charge on any atom is 0.245 e. The van der Waals surface area contributed by atoms with Crippen molar-refractivity contribution in [2.75, 3.05) is 6.54 Å². The van der Waals surface area contributed by atoms with Crippen molar-refractivity contribution < 1.29 is 18.8 Å². The summed E-state index contributed by atoms with van der Waals surface area (Å²) >= 11 is 5.99. The Kier molecular flexibility index (Phi) is 10.6. The number of amides is 3. The molecule has 4 rings (SSSR count). The second-order valence-corrected chi connectivity index (χ2v) is 11.8. The van der Waals surface area contributed by atoms with Crippen molar-refractivity contribution in [2.45, 2.75) is 83.7 Å². The van der Waals surface area contributed by atoms with Gasteiger partial charge in [0.15, 0.2) is 0 Å². The third-order valence-corrected chi connectivity index (χ3v) is 8.79. The molecule has 1 heterocycles. The van der Waals surface area contributed by atoms with Crippen LogP contribution >= 0.6 is 11.6 Å². The normalized spacial score (nSPS) is 19.7. The highest BCUT2D eigenvalue weighted by molar-refractivity contribution is 6.31. The van der Waals surface area contributed by atoms with Crippen LogP contribution < -0.4 is 11.1 Å². The predicted molar refractivity (Wildman–Crippen MR) is 156 cm³/mol. The number of halogens is 2. The van der Waals surface area contributed by atoms with Gasteiger partial charge in [-0.05, 0) is 72.9 Å². The van der Waals surface area contributed by atoms with Crippen LogP contribution in [0.4, 0.5) is 4.39 Å². The van der Waals surface area contributed by atoms with Crippen molar-refractivity contribution in [3.63, 3.8) is 0 Å². The van der Waals surface area contributed by atoms with Crippen molar-refractivity contribution in [2.24, 2.45) is 23.5 Å². The second kappa shape index (κ2) is 14.1. The number of nitrogens with one attached hydrogen (secondary N) is 1. The van der Waals surface area contributed by atoms with E-state index >= 15 is 0 Å². The predicted octanol–water partition coefficient (Wildman–Crippen LogP) is 6.24. The van der Waals surface area contributed by atoms with E-state index in [1.54, 1.807) is 17.0 Å². The molecule has 1 aliphatic heterocycles. The average Bonchev–Trinajstić information content (AvgIpc) is 3.40. The Hall–Kier alpha value is -2.93. The number of rotatable bonds is 11. The Morgan fingerprint density at radius 1 is 1.05 bits per heavy atom. The Morgan fingerprint density at radius 3 is 2.48 bits per heavy atom. The number of nitrogens with two attached hydrogens (primary N) is 1. The van der Waals surface area contributed by atoms with Gasteiger partial charge >= 0.3 is 0 Å². The summed E-state index contributed by atoms with van der Waals surface area (Å²) in [5.41, 5.74) is 8.40. The van der Waals surface area contributed by atoms with Crippen molar-refractivity contribution in [3.05, 3.63) is 58.9 Å². The lowest BCUT2D eigenvalue weighted by molar-refractivity contribution is -0.139. The minimum atomic E-state index is -0.629. The number of primary amides is 1. The minimum absolute atomic E-state index is 0.0629. The fraction of sp³-hybridized carbons (Fsp3) is 0.531. The van der Waals surface area contributed by atoms with E-state index in [9.17, 15) is 18.8 Å². The highest BCUT2D eigenvalue weighted by Gasteiger charge is 2.37. The van der Waals surface area contributed by atoms with Crippen LogP contribution in [0.25, 0.3) is 11.1 Å². The van der Waals surface area contributed by atoms with Gasteiger partial charge in [-0.3, -0.25) is 14.4 Å². The number of nitrogens with zero attached hydrogens (tertiary/aromatic N) is 1. The van der Waals surface area contributed by atoms with Gasteiger partial charge in [0, 0.05) is 24.9 Å². The summed E-state index contributed by atoms with van der Waals surface area (Å²) in [7, 11) is 0. The van der Waals surface area contributed by atoms with Gasteiger partial charge in [0.05, 0.1) is 5.02 Å². The number of likely N-dealkylation sites (tertiary alicyclic amines) is 1. The molecule has 0 spiro atoms. The van der Waals surface area contributed by atoms with Crippen LogP contribution in [-0.4, -0.2) is 35.2 Å². The van der Waals surface area contributed by atoms with Crippen molar-refractivity contribution in [1.82, 2.24) is 10.2 Å². The van der Waals surface area contributed by atoms with Crippen LogP contribution in [0.3, 0.4) is 0 Å². The zero-order chi connectivity index (χ0) is 28.6. The first-order valence-electron chi connectivity index (χ1n) is 14.7. The summed E-state index contributed by atoms with van der Waals surface area (Å²) in [6, 6.07) is 11.8. The first-order chi connectivity index (χ1) is 19.3. The summed E-state index contributed by atoms with van der Waals surface area (Å²) in [5.74, 6) is -1.84. The molecule has 0 aromatic heterocycles. The molecule has 3 amide bonds. The summed E-state index contributed by atoms with van der Waals surface area (Å²) in [4.78, 5) is 41.5. The van der Waals surface area contributed by atoms with Crippen LogP contribution in [0.2, 0.25) is 5.02 Å². The van der Waals surface area contributed by atoms with E-state index in [0.717, 1.165) is 61.6 Å². The van der Waals surface area contributed by atoms with Gasteiger partial charge < -0.3 is 16.0 Å². The summed E-state index contributed by atoms with van der Waals surface area (Å²) in [5, 5.41) is 3.12. The van der Waals surface area contributed by atoms with E-state index in [2.05, 4.69) is 5.32 Å². The monoisotopic (exact) mass is 569 g/mol. The molecule has 0 radical (unpaired) electrons. The maximum atomic E-state index is 13.7. The first-order valence-corrected chi connectivity index (χ1v) is 15.1. The average molecular weight is 570 g/mol. The van der Waals surface area contributed by atoms with E-state index in [0.29, 0.717) is 38.3 Å². The number of hydrogen-bond acceptors (Lipinski definition) is 3. The third kappa shape index (κ3) is 7.62. The molecule has 2 aromatic carbocycles.